The Morgan fingerprint density at radius 2 is 2.11 bits per heavy atom. The predicted molar refractivity (Wildman–Crippen MR) is 75.3 cm³/mol. The van der Waals surface area contributed by atoms with Gasteiger partial charge in [-0.1, -0.05) is 12.1 Å². The van der Waals surface area contributed by atoms with Gasteiger partial charge >= 0.3 is 0 Å². The van der Waals surface area contributed by atoms with Gasteiger partial charge in [-0.15, -0.1) is 0 Å². The molecule has 0 spiro atoms. The van der Waals surface area contributed by atoms with Crippen LogP contribution in [0.2, 0.25) is 0 Å². The van der Waals surface area contributed by atoms with Crippen LogP contribution in [-0.4, -0.2) is 18.0 Å². The Balaban J connectivity index is 2.32. The number of ether oxygens (including phenoxy) is 1. The topological polar surface area (TPSA) is 68.1 Å². The average Bonchev–Trinajstić information content (AvgIpc) is 2.76. The maximum atomic E-state index is 11.2. The van der Waals surface area contributed by atoms with Crippen molar-refractivity contribution in [3.8, 4) is 5.75 Å². The highest BCUT2D eigenvalue weighted by molar-refractivity contribution is 6.10. The van der Waals surface area contributed by atoms with Crippen LogP contribution in [0.1, 0.15) is 5.56 Å². The van der Waals surface area contributed by atoms with Gasteiger partial charge in [-0.25, -0.2) is 0 Å². The molecule has 0 bridgehead atoms. The fourth-order valence-corrected chi connectivity index (χ4v) is 2.47. The molecule has 0 aliphatic heterocycles. The number of carbonyl (C=O) groups is 1. The second-order valence-corrected chi connectivity index (χ2v) is 4.52. The highest BCUT2D eigenvalue weighted by atomic mass is 16.5. The average molecular weight is 254 g/mol. The highest BCUT2D eigenvalue weighted by Gasteiger charge is 2.10. The zero-order valence-corrected chi connectivity index (χ0v) is 10.6. The third-order valence-electron chi connectivity index (χ3n) is 3.28. The molecule has 3 rings (SSSR count). The number of rotatable bonds is 3. The summed E-state index contributed by atoms with van der Waals surface area (Å²) in [6, 6.07) is 11.7. The number of hydrogen-bond donors (Lipinski definition) is 2. The van der Waals surface area contributed by atoms with E-state index in [-0.39, 0.29) is 12.3 Å². The number of methoxy groups -OCH3 is 1. The van der Waals surface area contributed by atoms with E-state index in [9.17, 15) is 4.79 Å². The Labute approximate surface area is 110 Å². The van der Waals surface area contributed by atoms with Gasteiger partial charge in [0.25, 0.3) is 0 Å². The number of amides is 1. The van der Waals surface area contributed by atoms with Crippen LogP contribution < -0.4 is 10.5 Å². The van der Waals surface area contributed by atoms with Gasteiger partial charge in [0, 0.05) is 22.4 Å². The SMILES string of the molecule is COc1ccc2c(c1)[nH]c1cccc(CC(N)=O)c12. The van der Waals surface area contributed by atoms with Crippen molar-refractivity contribution in [3.05, 3.63) is 42.0 Å². The van der Waals surface area contributed by atoms with E-state index in [1.807, 2.05) is 36.4 Å². The lowest BCUT2D eigenvalue weighted by Crippen LogP contribution is -2.13. The van der Waals surface area contributed by atoms with Crippen molar-refractivity contribution in [1.82, 2.24) is 4.98 Å². The molecule has 4 nitrogen and oxygen atoms in total. The Bertz CT molecular complexity index is 774. The van der Waals surface area contributed by atoms with Gasteiger partial charge in [0.2, 0.25) is 5.91 Å². The van der Waals surface area contributed by atoms with Crippen LogP contribution in [0.25, 0.3) is 21.8 Å². The van der Waals surface area contributed by atoms with Gasteiger partial charge in [0.15, 0.2) is 0 Å². The molecule has 1 amide bonds. The molecule has 1 aromatic heterocycles. The minimum Gasteiger partial charge on any atom is -0.497 e. The van der Waals surface area contributed by atoms with Crippen LogP contribution in [0, 0.1) is 0 Å². The summed E-state index contributed by atoms with van der Waals surface area (Å²) in [5, 5.41) is 2.13. The smallest absolute Gasteiger partial charge is 0.221 e. The monoisotopic (exact) mass is 254 g/mol. The van der Waals surface area contributed by atoms with Gasteiger partial charge in [-0.2, -0.15) is 0 Å². The Hall–Kier alpha value is -2.49. The summed E-state index contributed by atoms with van der Waals surface area (Å²) >= 11 is 0. The third-order valence-corrected chi connectivity index (χ3v) is 3.28. The van der Waals surface area contributed by atoms with Crippen molar-refractivity contribution >= 4 is 27.7 Å². The molecule has 4 heteroatoms. The van der Waals surface area contributed by atoms with Gasteiger partial charge in [0.1, 0.15) is 5.75 Å². The van der Waals surface area contributed by atoms with Crippen molar-refractivity contribution in [2.75, 3.05) is 7.11 Å². The Morgan fingerprint density at radius 1 is 1.26 bits per heavy atom. The molecule has 3 aromatic rings. The van der Waals surface area contributed by atoms with E-state index < -0.39 is 0 Å². The van der Waals surface area contributed by atoms with E-state index in [2.05, 4.69) is 4.98 Å². The molecule has 0 fully saturated rings. The van der Waals surface area contributed by atoms with Crippen LogP contribution in [0.3, 0.4) is 0 Å². The molecule has 3 N–H and O–H groups in total. The summed E-state index contributed by atoms with van der Waals surface area (Å²) < 4.78 is 5.22. The minimum absolute atomic E-state index is 0.246. The fourth-order valence-electron chi connectivity index (χ4n) is 2.47. The van der Waals surface area contributed by atoms with E-state index in [0.29, 0.717) is 0 Å². The van der Waals surface area contributed by atoms with E-state index >= 15 is 0 Å². The number of nitrogens with one attached hydrogen (secondary N) is 1. The number of fused-ring (bicyclic) bond motifs is 3. The normalized spacial score (nSPS) is 11.0. The summed E-state index contributed by atoms with van der Waals surface area (Å²) in [5.41, 5.74) is 8.24. The lowest BCUT2D eigenvalue weighted by atomic mass is 10.0. The predicted octanol–water partition coefficient (Wildman–Crippen LogP) is 2.36. The first kappa shape index (κ1) is 11.6. The number of nitrogens with two attached hydrogens (primary N) is 1. The third kappa shape index (κ3) is 1.91. The Morgan fingerprint density at radius 3 is 2.84 bits per heavy atom. The summed E-state index contributed by atoms with van der Waals surface area (Å²) in [6.45, 7) is 0. The highest BCUT2D eigenvalue weighted by Crippen LogP contribution is 2.30. The number of benzene rings is 2. The van der Waals surface area contributed by atoms with Gasteiger partial charge in [0.05, 0.1) is 19.0 Å². The largest absolute Gasteiger partial charge is 0.497 e. The van der Waals surface area contributed by atoms with Gasteiger partial charge in [-0.3, -0.25) is 4.79 Å². The molecule has 1 heterocycles. The Kier molecular flexibility index (Phi) is 2.63. The lowest BCUT2D eigenvalue weighted by molar-refractivity contribution is -0.117. The summed E-state index contributed by atoms with van der Waals surface area (Å²) in [6.07, 6.45) is 0.246. The maximum Gasteiger partial charge on any atom is 0.221 e. The van der Waals surface area contributed by atoms with E-state index in [4.69, 9.17) is 10.5 Å². The quantitative estimate of drug-likeness (QED) is 0.753. The molecule has 0 radical (unpaired) electrons. The number of hydrogen-bond acceptors (Lipinski definition) is 2. The number of H-pyrrole nitrogens is 1. The van der Waals surface area contributed by atoms with E-state index in [1.54, 1.807) is 7.11 Å². The molecule has 19 heavy (non-hydrogen) atoms. The van der Waals surface area contributed by atoms with Crippen LogP contribution in [0.15, 0.2) is 36.4 Å². The van der Waals surface area contributed by atoms with E-state index in [1.165, 1.54) is 0 Å². The molecule has 0 saturated heterocycles. The zero-order chi connectivity index (χ0) is 13.4. The van der Waals surface area contributed by atoms with Crippen LogP contribution in [-0.2, 0) is 11.2 Å². The standard InChI is InChI=1S/C15H14N2O2/c1-19-10-5-6-11-13(8-10)17-12-4-2-3-9(15(11)12)7-14(16)18/h2-6,8,17H,7H2,1H3,(H2,16,18). The molecule has 96 valence electrons. The second kappa shape index (κ2) is 4.31. The maximum absolute atomic E-state index is 11.2. The van der Waals surface area contributed by atoms with Crippen molar-refractivity contribution in [3.63, 3.8) is 0 Å². The lowest BCUT2D eigenvalue weighted by Gasteiger charge is -2.02. The van der Waals surface area contributed by atoms with Crippen molar-refractivity contribution in [2.45, 2.75) is 6.42 Å². The van der Waals surface area contributed by atoms with Crippen molar-refractivity contribution in [2.24, 2.45) is 5.73 Å². The number of aromatic amines is 1. The van der Waals surface area contributed by atoms with E-state index in [0.717, 1.165) is 33.1 Å². The van der Waals surface area contributed by atoms with Gasteiger partial charge < -0.3 is 15.5 Å². The molecule has 0 atom stereocenters. The van der Waals surface area contributed by atoms with Crippen molar-refractivity contribution in [1.29, 1.82) is 0 Å². The molecule has 2 aromatic carbocycles. The number of aromatic nitrogens is 1. The summed E-state index contributed by atoms with van der Waals surface area (Å²) in [5.74, 6) is 0.478. The van der Waals surface area contributed by atoms with Crippen LogP contribution in [0.4, 0.5) is 0 Å². The second-order valence-electron chi connectivity index (χ2n) is 4.52. The first-order chi connectivity index (χ1) is 9.19. The minimum atomic E-state index is -0.324. The first-order valence-corrected chi connectivity index (χ1v) is 6.04. The molecule has 0 aliphatic rings. The fraction of sp³-hybridized carbons (Fsp3) is 0.133. The zero-order valence-electron chi connectivity index (χ0n) is 10.6. The molecule has 0 unspecified atom stereocenters. The number of carbonyl (C=O) groups excluding carboxylic acids is 1. The molecular weight excluding hydrogens is 240 g/mol. The van der Waals surface area contributed by atoms with Crippen molar-refractivity contribution < 1.29 is 9.53 Å². The van der Waals surface area contributed by atoms with Crippen LogP contribution in [0.5, 0.6) is 5.75 Å². The summed E-state index contributed by atoms with van der Waals surface area (Å²) in [7, 11) is 1.64. The molecule has 0 saturated carbocycles. The molecular formula is C15H14N2O2. The number of primary amides is 1. The molecule has 0 aliphatic carbocycles. The summed E-state index contributed by atoms with van der Waals surface area (Å²) in [4.78, 5) is 14.5. The van der Waals surface area contributed by atoms with Gasteiger partial charge in [-0.05, 0) is 23.8 Å². The van der Waals surface area contributed by atoms with Crippen LogP contribution >= 0.6 is 0 Å². The first-order valence-electron chi connectivity index (χ1n) is 6.04.